The molecule has 1 N–H and O–H groups in total. The zero-order chi connectivity index (χ0) is 21.3. The lowest BCUT2D eigenvalue weighted by atomic mass is 10.0. The van der Waals surface area contributed by atoms with Crippen LogP contribution < -0.4 is 5.32 Å². The average Bonchev–Trinajstić information content (AvgIpc) is 2.79. The van der Waals surface area contributed by atoms with Crippen molar-refractivity contribution < 1.29 is 19.1 Å². The van der Waals surface area contributed by atoms with E-state index in [0.717, 1.165) is 11.1 Å². The number of ketones is 1. The molecule has 5 nitrogen and oxygen atoms in total. The maximum atomic E-state index is 12.5. The van der Waals surface area contributed by atoms with Crippen LogP contribution in [-0.2, 0) is 14.3 Å². The van der Waals surface area contributed by atoms with Crippen LogP contribution in [0.4, 0.5) is 5.69 Å². The van der Waals surface area contributed by atoms with E-state index in [1.807, 2.05) is 54.6 Å². The quantitative estimate of drug-likeness (QED) is 0.431. The molecule has 30 heavy (non-hydrogen) atoms. The minimum atomic E-state index is -0.979. The van der Waals surface area contributed by atoms with E-state index in [9.17, 15) is 14.4 Å². The molecule has 0 aliphatic heterocycles. The lowest BCUT2D eigenvalue weighted by Gasteiger charge is -2.16. The molecule has 0 aliphatic carbocycles. The number of Topliss-reactive ketones (excluding diaryl/α,β-unsaturated/α-hetero) is 1. The Kier molecular flexibility index (Phi) is 7.11. The van der Waals surface area contributed by atoms with Crippen molar-refractivity contribution >= 4 is 23.3 Å². The number of para-hydroxylation sites is 1. The third-order valence-corrected chi connectivity index (χ3v) is 4.60. The molecule has 0 radical (unpaired) electrons. The summed E-state index contributed by atoms with van der Waals surface area (Å²) in [4.78, 5) is 36.7. The topological polar surface area (TPSA) is 72.5 Å². The van der Waals surface area contributed by atoms with Crippen LogP contribution in [0.25, 0.3) is 11.1 Å². The summed E-state index contributed by atoms with van der Waals surface area (Å²) in [7, 11) is 0. The molecular formula is C25H23NO4. The molecule has 3 aromatic carbocycles. The van der Waals surface area contributed by atoms with Crippen LogP contribution in [-0.4, -0.2) is 23.8 Å². The van der Waals surface area contributed by atoms with Crippen molar-refractivity contribution in [2.24, 2.45) is 0 Å². The highest BCUT2D eigenvalue weighted by Gasteiger charge is 2.20. The smallest absolute Gasteiger partial charge is 0.307 e. The molecule has 0 saturated heterocycles. The number of carbonyl (C=O) groups is 3. The van der Waals surface area contributed by atoms with Crippen LogP contribution in [0.5, 0.6) is 0 Å². The van der Waals surface area contributed by atoms with Crippen molar-refractivity contribution in [3.05, 3.63) is 90.5 Å². The summed E-state index contributed by atoms with van der Waals surface area (Å²) in [6, 6.07) is 25.9. The Hall–Kier alpha value is -3.73. The number of carbonyl (C=O) groups excluding carboxylic acids is 3. The minimum Gasteiger partial charge on any atom is -0.453 e. The van der Waals surface area contributed by atoms with Crippen molar-refractivity contribution in [1.82, 2.24) is 0 Å². The third-order valence-electron chi connectivity index (χ3n) is 4.60. The van der Waals surface area contributed by atoms with E-state index in [4.69, 9.17) is 4.74 Å². The van der Waals surface area contributed by atoms with Crippen LogP contribution in [0.3, 0.4) is 0 Å². The standard InChI is InChI=1S/C25H23NO4/c1-18(30-24(28)17-16-23(27)20-12-6-3-7-13-20)25(29)26-22-15-9-8-14-21(22)19-10-4-2-5-11-19/h2-15,18H,16-17H2,1H3,(H,26,29)/t18-/m1/s1. The molecule has 152 valence electrons. The second-order valence-electron chi connectivity index (χ2n) is 6.82. The van der Waals surface area contributed by atoms with Gasteiger partial charge in [-0.1, -0.05) is 78.9 Å². The molecule has 1 amide bonds. The zero-order valence-electron chi connectivity index (χ0n) is 16.7. The molecule has 5 heteroatoms. The number of rotatable bonds is 8. The number of benzene rings is 3. The number of ether oxygens (including phenoxy) is 1. The molecular weight excluding hydrogens is 378 g/mol. The molecule has 3 aromatic rings. The molecule has 0 heterocycles. The first-order chi connectivity index (χ1) is 14.5. The Morgan fingerprint density at radius 1 is 0.800 bits per heavy atom. The van der Waals surface area contributed by atoms with Crippen molar-refractivity contribution in [3.8, 4) is 11.1 Å². The molecule has 0 fully saturated rings. The summed E-state index contributed by atoms with van der Waals surface area (Å²) in [5, 5.41) is 2.82. The molecule has 3 rings (SSSR count). The number of anilines is 1. The molecule has 0 aliphatic rings. The predicted octanol–water partition coefficient (Wildman–Crippen LogP) is 4.89. The van der Waals surface area contributed by atoms with E-state index < -0.39 is 18.0 Å². The first kappa shape index (κ1) is 21.0. The summed E-state index contributed by atoms with van der Waals surface area (Å²) < 4.78 is 5.21. The van der Waals surface area contributed by atoms with Crippen LogP contribution in [0.2, 0.25) is 0 Å². The normalized spacial score (nSPS) is 11.4. The molecule has 0 aromatic heterocycles. The summed E-state index contributed by atoms with van der Waals surface area (Å²) >= 11 is 0. The van der Waals surface area contributed by atoms with Crippen molar-refractivity contribution in [2.75, 3.05) is 5.32 Å². The molecule has 0 spiro atoms. The minimum absolute atomic E-state index is 0.0357. The Bertz CT molecular complexity index is 1020. The van der Waals surface area contributed by atoms with E-state index >= 15 is 0 Å². The molecule has 0 bridgehead atoms. The highest BCUT2D eigenvalue weighted by atomic mass is 16.5. The maximum Gasteiger partial charge on any atom is 0.307 e. The second-order valence-corrected chi connectivity index (χ2v) is 6.82. The Morgan fingerprint density at radius 3 is 2.10 bits per heavy atom. The summed E-state index contributed by atoms with van der Waals surface area (Å²) in [6.45, 7) is 1.51. The lowest BCUT2D eigenvalue weighted by Crippen LogP contribution is -2.30. The average molecular weight is 401 g/mol. The van der Waals surface area contributed by atoms with Crippen LogP contribution in [0.1, 0.15) is 30.1 Å². The zero-order valence-corrected chi connectivity index (χ0v) is 16.7. The second kappa shape index (κ2) is 10.2. The first-order valence-electron chi connectivity index (χ1n) is 9.77. The largest absolute Gasteiger partial charge is 0.453 e. The SMILES string of the molecule is C[C@@H](OC(=O)CCC(=O)c1ccccc1)C(=O)Nc1ccccc1-c1ccccc1. The van der Waals surface area contributed by atoms with Crippen LogP contribution in [0.15, 0.2) is 84.9 Å². The fourth-order valence-corrected chi connectivity index (χ4v) is 2.99. The van der Waals surface area contributed by atoms with Gasteiger partial charge in [-0.15, -0.1) is 0 Å². The highest BCUT2D eigenvalue weighted by Crippen LogP contribution is 2.27. The van der Waals surface area contributed by atoms with Gasteiger partial charge in [0, 0.05) is 23.2 Å². The summed E-state index contributed by atoms with van der Waals surface area (Å²) in [5.41, 5.74) is 3.03. The lowest BCUT2D eigenvalue weighted by molar-refractivity contribution is -0.153. The Balaban J connectivity index is 1.55. The van der Waals surface area contributed by atoms with E-state index in [2.05, 4.69) is 5.32 Å². The van der Waals surface area contributed by atoms with Crippen molar-refractivity contribution in [3.63, 3.8) is 0 Å². The fraction of sp³-hybridized carbons (Fsp3) is 0.160. The number of hydrogen-bond donors (Lipinski definition) is 1. The third kappa shape index (κ3) is 5.64. The van der Waals surface area contributed by atoms with Gasteiger partial charge in [-0.25, -0.2) is 0 Å². The first-order valence-corrected chi connectivity index (χ1v) is 9.77. The summed E-state index contributed by atoms with van der Waals surface area (Å²) in [6.07, 6.45) is -1.02. The number of nitrogens with one attached hydrogen (secondary N) is 1. The Labute approximate surface area is 175 Å². The van der Waals surface area contributed by atoms with Gasteiger partial charge < -0.3 is 10.1 Å². The van der Waals surface area contributed by atoms with Gasteiger partial charge in [-0.3, -0.25) is 14.4 Å². The van der Waals surface area contributed by atoms with Crippen molar-refractivity contribution in [2.45, 2.75) is 25.9 Å². The van der Waals surface area contributed by atoms with Gasteiger partial charge in [-0.05, 0) is 18.6 Å². The molecule has 0 unspecified atom stereocenters. The fourth-order valence-electron chi connectivity index (χ4n) is 2.99. The highest BCUT2D eigenvalue weighted by molar-refractivity contribution is 5.99. The van der Waals surface area contributed by atoms with Gasteiger partial charge in [-0.2, -0.15) is 0 Å². The van der Waals surface area contributed by atoms with Crippen molar-refractivity contribution in [1.29, 1.82) is 0 Å². The number of esters is 1. The number of amides is 1. The van der Waals surface area contributed by atoms with E-state index in [-0.39, 0.29) is 18.6 Å². The monoisotopic (exact) mass is 401 g/mol. The van der Waals surface area contributed by atoms with Gasteiger partial charge in [0.2, 0.25) is 0 Å². The van der Waals surface area contributed by atoms with E-state index in [1.54, 1.807) is 30.3 Å². The number of hydrogen-bond acceptors (Lipinski definition) is 4. The van der Waals surface area contributed by atoms with Gasteiger partial charge in [0.15, 0.2) is 11.9 Å². The molecule has 0 saturated carbocycles. The van der Waals surface area contributed by atoms with Gasteiger partial charge in [0.25, 0.3) is 5.91 Å². The predicted molar refractivity (Wildman–Crippen MR) is 116 cm³/mol. The van der Waals surface area contributed by atoms with Crippen LogP contribution >= 0.6 is 0 Å². The van der Waals surface area contributed by atoms with E-state index in [1.165, 1.54) is 6.92 Å². The van der Waals surface area contributed by atoms with Gasteiger partial charge in [0.05, 0.1) is 6.42 Å². The van der Waals surface area contributed by atoms with Crippen LogP contribution in [0, 0.1) is 0 Å². The maximum absolute atomic E-state index is 12.5. The molecule has 1 atom stereocenters. The van der Waals surface area contributed by atoms with Gasteiger partial charge in [0.1, 0.15) is 0 Å². The van der Waals surface area contributed by atoms with Gasteiger partial charge >= 0.3 is 5.97 Å². The Morgan fingerprint density at radius 2 is 1.40 bits per heavy atom. The summed E-state index contributed by atoms with van der Waals surface area (Å²) in [5.74, 6) is -1.15. The van der Waals surface area contributed by atoms with E-state index in [0.29, 0.717) is 11.3 Å².